The highest BCUT2D eigenvalue weighted by molar-refractivity contribution is 5.92. The van der Waals surface area contributed by atoms with Crippen LogP contribution in [0.4, 0.5) is 11.4 Å². The SMILES string of the molecule is Cl.NC1CCCC(C(=O)Nc2cccc([N+](=O)[O-])c2)C1. The normalized spacial score (nSPS) is 21.6. The number of anilines is 1. The second-order valence-electron chi connectivity index (χ2n) is 4.92. The smallest absolute Gasteiger partial charge is 0.271 e. The highest BCUT2D eigenvalue weighted by Crippen LogP contribution is 2.25. The van der Waals surface area contributed by atoms with Crippen LogP contribution >= 0.6 is 12.4 Å². The van der Waals surface area contributed by atoms with Gasteiger partial charge in [0, 0.05) is 29.8 Å². The molecule has 0 radical (unpaired) electrons. The van der Waals surface area contributed by atoms with Crippen molar-refractivity contribution in [1.82, 2.24) is 0 Å². The number of nitrogens with zero attached hydrogens (tertiary/aromatic N) is 1. The summed E-state index contributed by atoms with van der Waals surface area (Å²) < 4.78 is 0. The molecule has 0 spiro atoms. The second-order valence-corrected chi connectivity index (χ2v) is 4.92. The van der Waals surface area contributed by atoms with Crippen molar-refractivity contribution in [1.29, 1.82) is 0 Å². The summed E-state index contributed by atoms with van der Waals surface area (Å²) in [6, 6.07) is 6.04. The fourth-order valence-corrected chi connectivity index (χ4v) is 2.41. The van der Waals surface area contributed by atoms with Gasteiger partial charge in [-0.15, -0.1) is 12.4 Å². The monoisotopic (exact) mass is 299 g/mol. The van der Waals surface area contributed by atoms with Crippen LogP contribution in [0.2, 0.25) is 0 Å². The van der Waals surface area contributed by atoms with Crippen molar-refractivity contribution >= 4 is 29.7 Å². The summed E-state index contributed by atoms with van der Waals surface area (Å²) in [5.41, 5.74) is 6.28. The van der Waals surface area contributed by atoms with Gasteiger partial charge in [-0.05, 0) is 25.3 Å². The Hall–Kier alpha value is -1.66. The number of carbonyl (C=O) groups excluding carboxylic acids is 1. The lowest BCUT2D eigenvalue weighted by molar-refractivity contribution is -0.384. The summed E-state index contributed by atoms with van der Waals surface area (Å²) in [6.07, 6.45) is 3.42. The summed E-state index contributed by atoms with van der Waals surface area (Å²) in [5, 5.41) is 13.4. The minimum atomic E-state index is -0.480. The lowest BCUT2D eigenvalue weighted by atomic mass is 9.85. The molecule has 1 saturated carbocycles. The fourth-order valence-electron chi connectivity index (χ4n) is 2.41. The molecule has 0 aliphatic heterocycles. The Morgan fingerprint density at radius 1 is 1.40 bits per heavy atom. The number of halogens is 1. The van der Waals surface area contributed by atoms with E-state index in [1.54, 1.807) is 12.1 Å². The van der Waals surface area contributed by atoms with Crippen LogP contribution in [-0.4, -0.2) is 16.9 Å². The number of nitro benzene ring substituents is 1. The molecule has 2 unspecified atom stereocenters. The van der Waals surface area contributed by atoms with Gasteiger partial charge in [-0.3, -0.25) is 14.9 Å². The Morgan fingerprint density at radius 3 is 2.80 bits per heavy atom. The van der Waals surface area contributed by atoms with Gasteiger partial charge in [0.05, 0.1) is 4.92 Å². The number of amides is 1. The lowest BCUT2D eigenvalue weighted by Crippen LogP contribution is -2.34. The van der Waals surface area contributed by atoms with E-state index in [9.17, 15) is 14.9 Å². The van der Waals surface area contributed by atoms with Crippen LogP contribution in [0.3, 0.4) is 0 Å². The van der Waals surface area contributed by atoms with Crippen LogP contribution in [0.5, 0.6) is 0 Å². The summed E-state index contributed by atoms with van der Waals surface area (Å²) in [6.45, 7) is 0. The highest BCUT2D eigenvalue weighted by atomic mass is 35.5. The molecule has 1 amide bonds. The Balaban J connectivity index is 0.00000200. The number of nitrogens with two attached hydrogens (primary N) is 1. The third-order valence-corrected chi connectivity index (χ3v) is 3.41. The van der Waals surface area contributed by atoms with Crippen LogP contribution in [0, 0.1) is 16.0 Å². The van der Waals surface area contributed by atoms with E-state index in [4.69, 9.17) is 5.73 Å². The van der Waals surface area contributed by atoms with Gasteiger partial charge in [0.15, 0.2) is 0 Å². The maximum absolute atomic E-state index is 12.1. The molecule has 110 valence electrons. The van der Waals surface area contributed by atoms with Crippen LogP contribution in [-0.2, 0) is 4.79 Å². The van der Waals surface area contributed by atoms with Gasteiger partial charge >= 0.3 is 0 Å². The number of non-ortho nitro benzene ring substituents is 1. The molecule has 0 aromatic heterocycles. The zero-order chi connectivity index (χ0) is 13.8. The zero-order valence-corrected chi connectivity index (χ0v) is 11.8. The Morgan fingerprint density at radius 2 is 2.15 bits per heavy atom. The standard InChI is InChI=1S/C13H17N3O3.ClH/c14-10-4-1-3-9(7-10)13(17)15-11-5-2-6-12(8-11)16(18)19;/h2,5-6,8-10H,1,3-4,7,14H2,(H,15,17);1H. The molecule has 2 rings (SSSR count). The topological polar surface area (TPSA) is 98.3 Å². The molecule has 0 saturated heterocycles. The molecule has 7 heteroatoms. The summed E-state index contributed by atoms with van der Waals surface area (Å²) in [5.74, 6) is -0.196. The molecule has 1 aromatic carbocycles. The zero-order valence-electron chi connectivity index (χ0n) is 11.0. The van der Waals surface area contributed by atoms with Gasteiger partial charge in [-0.2, -0.15) is 0 Å². The number of hydrogen-bond donors (Lipinski definition) is 2. The van der Waals surface area contributed by atoms with Crippen molar-refractivity contribution in [2.75, 3.05) is 5.32 Å². The van der Waals surface area contributed by atoms with E-state index in [0.29, 0.717) is 12.1 Å². The first-order valence-corrected chi connectivity index (χ1v) is 6.37. The molecule has 0 heterocycles. The van der Waals surface area contributed by atoms with Crippen LogP contribution in [0.1, 0.15) is 25.7 Å². The predicted molar refractivity (Wildman–Crippen MR) is 78.9 cm³/mol. The van der Waals surface area contributed by atoms with E-state index in [1.807, 2.05) is 0 Å². The molecule has 3 N–H and O–H groups in total. The quantitative estimate of drug-likeness (QED) is 0.661. The third kappa shape index (κ3) is 4.18. The minimum Gasteiger partial charge on any atom is -0.328 e. The van der Waals surface area contributed by atoms with Gasteiger partial charge < -0.3 is 11.1 Å². The van der Waals surface area contributed by atoms with Crippen molar-refractivity contribution < 1.29 is 9.72 Å². The van der Waals surface area contributed by atoms with E-state index < -0.39 is 4.92 Å². The van der Waals surface area contributed by atoms with Crippen LogP contribution in [0.25, 0.3) is 0 Å². The molecule has 20 heavy (non-hydrogen) atoms. The Labute approximate surface area is 123 Å². The Bertz CT molecular complexity index is 496. The van der Waals surface area contributed by atoms with Crippen molar-refractivity contribution in [3.05, 3.63) is 34.4 Å². The minimum absolute atomic E-state index is 0. The predicted octanol–water partition coefficient (Wildman–Crippen LogP) is 2.47. The molecule has 2 atom stereocenters. The molecule has 1 aromatic rings. The number of rotatable bonds is 3. The van der Waals surface area contributed by atoms with Crippen LogP contribution in [0.15, 0.2) is 24.3 Å². The van der Waals surface area contributed by atoms with Crippen molar-refractivity contribution in [3.63, 3.8) is 0 Å². The van der Waals surface area contributed by atoms with E-state index in [0.717, 1.165) is 19.3 Å². The number of nitro groups is 1. The number of benzene rings is 1. The summed E-state index contributed by atoms with van der Waals surface area (Å²) >= 11 is 0. The molecule has 1 aliphatic rings. The first-order valence-electron chi connectivity index (χ1n) is 6.37. The van der Waals surface area contributed by atoms with E-state index in [1.165, 1.54) is 12.1 Å². The number of hydrogen-bond acceptors (Lipinski definition) is 4. The van der Waals surface area contributed by atoms with E-state index >= 15 is 0 Å². The molecular weight excluding hydrogens is 282 g/mol. The molecule has 1 aliphatic carbocycles. The van der Waals surface area contributed by atoms with Crippen molar-refractivity contribution in [2.24, 2.45) is 11.7 Å². The molecule has 6 nitrogen and oxygen atoms in total. The van der Waals surface area contributed by atoms with Crippen molar-refractivity contribution in [3.8, 4) is 0 Å². The van der Waals surface area contributed by atoms with E-state index in [2.05, 4.69) is 5.32 Å². The molecule has 1 fully saturated rings. The van der Waals surface area contributed by atoms with Gasteiger partial charge in [-0.1, -0.05) is 12.5 Å². The highest BCUT2D eigenvalue weighted by Gasteiger charge is 2.25. The Kier molecular flexibility index (Phi) is 5.91. The maximum Gasteiger partial charge on any atom is 0.271 e. The first-order chi connectivity index (χ1) is 9.06. The second kappa shape index (κ2) is 7.21. The third-order valence-electron chi connectivity index (χ3n) is 3.41. The lowest BCUT2D eigenvalue weighted by Gasteiger charge is -2.25. The van der Waals surface area contributed by atoms with Gasteiger partial charge in [-0.25, -0.2) is 0 Å². The largest absolute Gasteiger partial charge is 0.328 e. The number of carbonyl (C=O) groups is 1. The molecule has 0 bridgehead atoms. The maximum atomic E-state index is 12.1. The van der Waals surface area contributed by atoms with Crippen molar-refractivity contribution in [2.45, 2.75) is 31.7 Å². The fraction of sp³-hybridized carbons (Fsp3) is 0.462. The summed E-state index contributed by atoms with van der Waals surface area (Å²) in [7, 11) is 0. The average molecular weight is 300 g/mol. The number of nitrogens with one attached hydrogen (secondary N) is 1. The van der Waals surface area contributed by atoms with Gasteiger partial charge in [0.2, 0.25) is 5.91 Å². The first kappa shape index (κ1) is 16.4. The van der Waals surface area contributed by atoms with E-state index in [-0.39, 0.29) is 36.0 Å². The van der Waals surface area contributed by atoms with Crippen LogP contribution < -0.4 is 11.1 Å². The molecular formula is C13H18ClN3O3. The van der Waals surface area contributed by atoms with Gasteiger partial charge in [0.25, 0.3) is 5.69 Å². The summed E-state index contributed by atoms with van der Waals surface area (Å²) in [4.78, 5) is 22.2. The average Bonchev–Trinajstić information content (AvgIpc) is 2.39. The van der Waals surface area contributed by atoms with Gasteiger partial charge in [0.1, 0.15) is 0 Å².